The molecule has 1 atom stereocenters. The largest absolute Gasteiger partial charge is 0.457 e. The Bertz CT molecular complexity index is 1470. The van der Waals surface area contributed by atoms with Gasteiger partial charge in [0.25, 0.3) is 0 Å². The highest BCUT2D eigenvalue weighted by Crippen LogP contribution is 2.41. The number of rotatable bonds is 6. The SMILES string of the molecule is C[C@@H]1C(=O)N(C)c2ccc(-c3cc(S(=O)(=O)N(C)C)ccc3Oc3ccccc3)nc2N1C1CCN(C)CC1. The van der Waals surface area contributed by atoms with Crippen LogP contribution in [0.2, 0.25) is 0 Å². The Balaban J connectivity index is 1.65. The number of pyridine rings is 1. The van der Waals surface area contributed by atoms with E-state index in [9.17, 15) is 13.2 Å². The summed E-state index contributed by atoms with van der Waals surface area (Å²) in [6.45, 7) is 3.83. The standard InChI is InChI=1S/C29H35N5O4S/c1-20-29(35)33(5)26-13-12-25(30-28(26)34(20)21-15-17-32(4)18-16-21)24-19-23(39(36,37)31(2)3)11-14-27(24)38-22-9-7-6-8-10-22/h6-14,19-21H,15-18H2,1-5H3/t20-/m1/s1. The molecule has 39 heavy (non-hydrogen) atoms. The maximum absolute atomic E-state index is 13.2. The van der Waals surface area contributed by atoms with Crippen LogP contribution in [0.4, 0.5) is 11.5 Å². The van der Waals surface area contributed by atoms with Crippen molar-refractivity contribution >= 4 is 27.4 Å². The molecule has 3 aromatic rings. The quantitative estimate of drug-likeness (QED) is 0.458. The van der Waals surface area contributed by atoms with E-state index in [0.717, 1.165) is 37.4 Å². The molecule has 1 fully saturated rings. The molecule has 0 bridgehead atoms. The highest BCUT2D eigenvalue weighted by Gasteiger charge is 2.39. The second-order valence-electron chi connectivity index (χ2n) is 10.4. The Labute approximate surface area is 230 Å². The zero-order chi connectivity index (χ0) is 27.9. The van der Waals surface area contributed by atoms with Gasteiger partial charge in [0.1, 0.15) is 17.5 Å². The number of likely N-dealkylation sites (tertiary alicyclic amines) is 1. The summed E-state index contributed by atoms with van der Waals surface area (Å²) < 4.78 is 33.5. The van der Waals surface area contributed by atoms with Crippen molar-refractivity contribution in [3.8, 4) is 22.8 Å². The van der Waals surface area contributed by atoms with Crippen molar-refractivity contribution in [2.45, 2.75) is 36.7 Å². The number of nitrogens with zero attached hydrogens (tertiary/aromatic N) is 5. The summed E-state index contributed by atoms with van der Waals surface area (Å²) in [6, 6.07) is 17.7. The number of carbonyl (C=O) groups is 1. The molecule has 1 aromatic heterocycles. The van der Waals surface area contributed by atoms with E-state index >= 15 is 0 Å². The van der Waals surface area contributed by atoms with E-state index < -0.39 is 10.0 Å². The Morgan fingerprint density at radius 2 is 1.67 bits per heavy atom. The number of piperidine rings is 1. The average molecular weight is 550 g/mol. The zero-order valence-electron chi connectivity index (χ0n) is 23.0. The molecule has 0 aliphatic carbocycles. The van der Waals surface area contributed by atoms with Gasteiger partial charge in [0.15, 0.2) is 5.82 Å². The van der Waals surface area contributed by atoms with Gasteiger partial charge in [-0.3, -0.25) is 4.79 Å². The molecule has 2 aromatic carbocycles. The van der Waals surface area contributed by atoms with E-state index in [4.69, 9.17) is 9.72 Å². The number of likely N-dealkylation sites (N-methyl/N-ethyl adjacent to an activating group) is 1. The van der Waals surface area contributed by atoms with Gasteiger partial charge >= 0.3 is 0 Å². The van der Waals surface area contributed by atoms with Gasteiger partial charge in [-0.25, -0.2) is 17.7 Å². The summed E-state index contributed by atoms with van der Waals surface area (Å²) in [5.41, 5.74) is 1.87. The Morgan fingerprint density at radius 1 is 0.974 bits per heavy atom. The molecule has 0 radical (unpaired) electrons. The summed E-state index contributed by atoms with van der Waals surface area (Å²) >= 11 is 0. The summed E-state index contributed by atoms with van der Waals surface area (Å²) in [7, 11) is 3.22. The molecule has 0 spiro atoms. The predicted octanol–water partition coefficient (Wildman–Crippen LogP) is 4.06. The third kappa shape index (κ3) is 5.11. The number of hydrogen-bond acceptors (Lipinski definition) is 7. The normalized spacial score (nSPS) is 18.9. The number of para-hydroxylation sites is 1. The van der Waals surface area contributed by atoms with Crippen molar-refractivity contribution in [1.82, 2.24) is 14.2 Å². The number of amides is 1. The second kappa shape index (κ2) is 10.6. The van der Waals surface area contributed by atoms with E-state index in [-0.39, 0.29) is 22.9 Å². The van der Waals surface area contributed by atoms with Crippen LogP contribution in [-0.2, 0) is 14.8 Å². The molecule has 0 unspecified atom stereocenters. The second-order valence-corrected chi connectivity index (χ2v) is 12.6. The minimum atomic E-state index is -3.69. The van der Waals surface area contributed by atoms with Crippen LogP contribution in [0.25, 0.3) is 11.3 Å². The molecule has 5 rings (SSSR count). The monoisotopic (exact) mass is 549 g/mol. The Hall–Kier alpha value is -3.47. The van der Waals surface area contributed by atoms with E-state index in [0.29, 0.717) is 22.8 Å². The zero-order valence-corrected chi connectivity index (χ0v) is 23.9. The van der Waals surface area contributed by atoms with Crippen LogP contribution in [0.5, 0.6) is 11.5 Å². The van der Waals surface area contributed by atoms with E-state index in [1.165, 1.54) is 18.4 Å². The minimum absolute atomic E-state index is 0.0307. The number of hydrogen-bond donors (Lipinski definition) is 0. The topological polar surface area (TPSA) is 86.3 Å². The molecular weight excluding hydrogens is 514 g/mol. The number of benzene rings is 2. The van der Waals surface area contributed by atoms with Crippen LogP contribution >= 0.6 is 0 Å². The first-order valence-electron chi connectivity index (χ1n) is 13.1. The van der Waals surface area contributed by atoms with Gasteiger partial charge in [-0.2, -0.15) is 0 Å². The molecule has 3 heterocycles. The maximum atomic E-state index is 13.2. The molecule has 0 N–H and O–H groups in total. The minimum Gasteiger partial charge on any atom is -0.457 e. The van der Waals surface area contributed by atoms with Gasteiger partial charge in [-0.1, -0.05) is 18.2 Å². The number of fused-ring (bicyclic) bond motifs is 1. The number of ether oxygens (including phenoxy) is 1. The van der Waals surface area contributed by atoms with Gasteiger partial charge in [-0.15, -0.1) is 0 Å². The van der Waals surface area contributed by atoms with Gasteiger partial charge in [-0.05, 0) is 82.4 Å². The number of aromatic nitrogens is 1. The molecule has 1 saturated heterocycles. The Morgan fingerprint density at radius 3 is 2.33 bits per heavy atom. The third-order valence-corrected chi connectivity index (χ3v) is 9.43. The lowest BCUT2D eigenvalue weighted by molar-refractivity contribution is -0.119. The van der Waals surface area contributed by atoms with Crippen LogP contribution in [0.1, 0.15) is 19.8 Å². The smallest absolute Gasteiger partial charge is 0.249 e. The highest BCUT2D eigenvalue weighted by atomic mass is 32.2. The van der Waals surface area contributed by atoms with Crippen molar-refractivity contribution in [3.63, 3.8) is 0 Å². The molecule has 2 aliphatic heterocycles. The first kappa shape index (κ1) is 27.1. The first-order valence-corrected chi connectivity index (χ1v) is 14.6. The van der Waals surface area contributed by atoms with Crippen LogP contribution in [0, 0.1) is 0 Å². The van der Waals surface area contributed by atoms with Crippen molar-refractivity contribution < 1.29 is 17.9 Å². The third-order valence-electron chi connectivity index (χ3n) is 7.62. The summed E-state index contributed by atoms with van der Waals surface area (Å²) in [6.07, 6.45) is 1.87. The average Bonchev–Trinajstić information content (AvgIpc) is 2.93. The summed E-state index contributed by atoms with van der Waals surface area (Å²) in [5, 5.41) is 0. The number of carbonyl (C=O) groups excluding carboxylic acids is 1. The lowest BCUT2D eigenvalue weighted by Gasteiger charge is -2.46. The molecule has 2 aliphatic rings. The van der Waals surface area contributed by atoms with Gasteiger partial charge in [0, 0.05) is 32.7 Å². The molecule has 0 saturated carbocycles. The van der Waals surface area contributed by atoms with Crippen LogP contribution in [0.3, 0.4) is 0 Å². The lowest BCUT2D eigenvalue weighted by atomic mass is 9.99. The van der Waals surface area contributed by atoms with Crippen molar-refractivity contribution in [3.05, 3.63) is 60.7 Å². The Kier molecular flexibility index (Phi) is 7.37. The molecule has 10 heteroatoms. The van der Waals surface area contributed by atoms with Crippen molar-refractivity contribution in [2.75, 3.05) is 51.1 Å². The maximum Gasteiger partial charge on any atom is 0.249 e. The fraction of sp³-hybridized carbons (Fsp3) is 0.379. The van der Waals surface area contributed by atoms with Crippen molar-refractivity contribution in [1.29, 1.82) is 0 Å². The van der Waals surface area contributed by atoms with Crippen LogP contribution in [0.15, 0.2) is 65.6 Å². The van der Waals surface area contributed by atoms with Crippen LogP contribution < -0.4 is 14.5 Å². The van der Waals surface area contributed by atoms with Crippen molar-refractivity contribution in [2.24, 2.45) is 0 Å². The van der Waals surface area contributed by atoms with Gasteiger partial charge in [0.2, 0.25) is 15.9 Å². The molecule has 206 valence electrons. The predicted molar refractivity (Wildman–Crippen MR) is 153 cm³/mol. The summed E-state index contributed by atoms with van der Waals surface area (Å²) in [5.74, 6) is 1.88. The number of anilines is 2. The first-order chi connectivity index (χ1) is 18.6. The van der Waals surface area contributed by atoms with Gasteiger partial charge in [0.05, 0.1) is 16.3 Å². The van der Waals surface area contributed by atoms with E-state index in [1.54, 1.807) is 30.1 Å². The van der Waals surface area contributed by atoms with E-state index in [1.807, 2.05) is 49.4 Å². The fourth-order valence-corrected chi connectivity index (χ4v) is 6.22. The highest BCUT2D eigenvalue weighted by molar-refractivity contribution is 7.89. The summed E-state index contributed by atoms with van der Waals surface area (Å²) in [4.78, 5) is 24.6. The van der Waals surface area contributed by atoms with Gasteiger partial charge < -0.3 is 19.4 Å². The van der Waals surface area contributed by atoms with E-state index in [2.05, 4.69) is 16.8 Å². The number of sulfonamides is 1. The lowest BCUT2D eigenvalue weighted by Crippen LogP contribution is -2.57. The van der Waals surface area contributed by atoms with Crippen LogP contribution in [-0.4, -0.2) is 81.9 Å². The molecular formula is C29H35N5O4S. The molecule has 1 amide bonds. The fourth-order valence-electron chi connectivity index (χ4n) is 5.29. The molecule has 9 nitrogen and oxygen atoms in total.